The molecule has 0 bridgehead atoms. The number of rotatable bonds is 0. The molecule has 6 aliphatic rings. The second kappa shape index (κ2) is 358. The van der Waals surface area contributed by atoms with E-state index in [1.54, 1.807) is 0 Å². The third-order valence-electron chi connectivity index (χ3n) is 9.52. The number of aliphatic imine (C=N–C) groups is 2. The first-order valence-corrected chi connectivity index (χ1v) is 18.1. The van der Waals surface area contributed by atoms with E-state index in [2.05, 4.69) is 80.7 Å². The van der Waals surface area contributed by atoms with E-state index in [9.17, 15) is 0 Å². The van der Waals surface area contributed by atoms with Crippen molar-refractivity contribution >= 4 is 56.5 Å². The zero-order valence-corrected chi connectivity index (χ0v) is 328. The predicted octanol–water partition coefficient (Wildman–Crippen LogP) is 7.01. The summed E-state index contributed by atoms with van der Waals surface area (Å²) in [6.45, 7) is 20.2. The van der Waals surface area contributed by atoms with Gasteiger partial charge in [-0.05, 0) is 10.8 Å². The van der Waals surface area contributed by atoms with Crippen LogP contribution in [-0.4, -0.2) is 41.6 Å². The fraction of sp³-hybridized carbons (Fsp3) is 0.256. The molecule has 515 valence electrons. The Hall–Kier alpha value is 90.3. The van der Waals surface area contributed by atoms with Crippen molar-refractivity contribution in [1.82, 2.24) is 9.13 Å². The molecule has 6 aliphatic heterocycles. The van der Waals surface area contributed by atoms with Gasteiger partial charge >= 0.3 is 5.91 Å². The van der Waals surface area contributed by atoms with Crippen molar-refractivity contribution in [2.75, 3.05) is 0 Å². The topological polar surface area (TPSA) is 65.3 Å². The number of benzene rings is 4. The number of nitrogens with zero attached hydrogens (tertiary/aromatic N) is 8. The van der Waals surface area contributed by atoms with Crippen molar-refractivity contribution in [3.63, 3.8) is 0 Å². The summed E-state index contributed by atoms with van der Waals surface area (Å²) in [6, 6.07) is 36.6. The Labute approximate surface area is 3030 Å². The van der Waals surface area contributed by atoms with Crippen LogP contribution in [0.4, 0.5) is 11.6 Å². The average Bonchev–Trinajstić information content (AvgIpc) is 3.91. The SMILES string of the molecule is CC.CC.CC.CC.Cc1cc[c-]c2c3n4c(c12)N=C1c2[c-]cc[c-]c2C2=[N+]1C41n4c(c5[c-]ccc(C)c5c4=N2)=NC2=[N+]1C(=N3)c1[c-]cc[c-]c12.[Y].[Y].[Y].[Y].[Y].[Y].[Y].[Y].[Y].[Y].[Y].[Y].[Y].[Y].[Y].[Y].[Y].[Y].[Y].[Y].[Y].[Y].[Y].[Y].[Y].[Y].[Y].[Y].[Y].[Y].[Y].[Y].[Y].[Y].[Y].[Y].[Y].[Y].[Y].[Y].[Y].[Y].[Y].[Y].[Y].[Y].[Y].[Y].[Y].[Y].[Y].[Y].[Y].[Y].[Y].[Y].[Y].[Y].[Y].[Y].[Y].[Y].[Y].[Y].[Y].[Y].[Y].[Y].[Y].[Y].[Y].[Y].[Y].[Y].[Y].[Y].[Y].[Y].[Y].[Y].[Y].[Y].[Y].[Y].[Y].[Y].[Y]. The molecular formula is C43H38N8Y87-4. The van der Waals surface area contributed by atoms with Crippen LogP contribution in [0, 0.1) is 50.2 Å². The van der Waals surface area contributed by atoms with Crippen LogP contribution in [0.15, 0.2) is 68.5 Å². The smallest absolute Gasteiger partial charge is 0.253 e. The largest absolute Gasteiger partial charge is 0.352 e. The summed E-state index contributed by atoms with van der Waals surface area (Å²) in [5.41, 5.74) is 7.31. The summed E-state index contributed by atoms with van der Waals surface area (Å²) < 4.78 is 8.98. The van der Waals surface area contributed by atoms with Crippen LogP contribution < -0.4 is 11.0 Å². The molecule has 1 atom stereocenters. The number of hydrogen-bond acceptors (Lipinski definition) is 4. The molecule has 0 saturated heterocycles. The quantitative estimate of drug-likeness (QED) is 0.116. The van der Waals surface area contributed by atoms with Gasteiger partial charge in [0.25, 0.3) is 0 Å². The maximum atomic E-state index is 5.40. The van der Waals surface area contributed by atoms with Crippen molar-refractivity contribution in [2.45, 2.75) is 75.1 Å². The molecule has 8 heterocycles. The second-order valence-electron chi connectivity index (χ2n) is 11.5. The maximum absolute atomic E-state index is 5.40. The average molecular weight is 8400 g/mol. The molecule has 87 radical (unpaired) electrons. The summed E-state index contributed by atoms with van der Waals surface area (Å²) >= 11 is 0. The van der Waals surface area contributed by atoms with Gasteiger partial charge in [0.1, 0.15) is 34.6 Å². The van der Waals surface area contributed by atoms with E-state index in [1.165, 1.54) is 0 Å². The first kappa shape index (κ1) is 536. The standard InChI is InChI=1S/C35H14N8.4C2H6.87Y/c1-17-9-7-15-23-25(17)33-38-29-21-13-5-6-14-22(21)30-39-34-26-18(2)10-8-16-24(26)32-37-28-20-12-4-3-11-19(20)27-36-31(23)42(33)35(40(27)28,41(29)30)43(32)34;4*1-2;;;;;;;;;;;;;;;;;;;;;;;;;;;;;;;;;;;;;;;;;;;;;;;;;;;;;;;;;;;;;;;;;;;;;;;;;;;;;;;;;;;;;;;/h3-10H,1-2H3;4*1-2H3;;;;;;;;;;;;;;;;;;;;;;;;;;;;;;;;;;;;;;;;;;;;;;;;;;;;;;;;;;;;;;;;;;;;;;;;;;;;;;;;;;;;;;;/q-4;;;;;;;;;;;;;;;;;;;;;;;;;;;;;;;;;;;;;;;;;;;;;;;;;;;;;;;;;;;;;;;;;;;;;;;;;;;;;;;;;;;;;;;;;;;. The van der Waals surface area contributed by atoms with Gasteiger partial charge in [-0.25, -0.2) is 57.7 Å². The van der Waals surface area contributed by atoms with Crippen molar-refractivity contribution < 1.29 is 2850 Å². The Balaban J connectivity index is -0.00000000445. The Bertz CT molecular complexity index is 2880. The van der Waals surface area contributed by atoms with E-state index in [0.717, 1.165) is 101 Å². The van der Waals surface area contributed by atoms with E-state index < -0.39 is 5.91 Å². The van der Waals surface area contributed by atoms with Crippen molar-refractivity contribution in [2.24, 2.45) is 20.0 Å². The van der Waals surface area contributed by atoms with Crippen molar-refractivity contribution in [1.29, 1.82) is 0 Å². The Morgan fingerprint density at radius 3 is 0.572 bits per heavy atom. The fourth-order valence-electron chi connectivity index (χ4n) is 7.91. The monoisotopic (exact) mass is 8400 g/mol. The summed E-state index contributed by atoms with van der Waals surface area (Å²) in [5.74, 6) is 3.62. The minimum atomic E-state index is -1.06. The summed E-state index contributed by atoms with van der Waals surface area (Å²) in [5, 5.41) is 3.90. The van der Waals surface area contributed by atoms with E-state index in [4.69, 9.17) is 20.0 Å². The van der Waals surface area contributed by atoms with Crippen LogP contribution in [0.2, 0.25) is 0 Å². The Morgan fingerprint density at radius 2 is 0.362 bits per heavy atom. The minimum absolute atomic E-state index is 0. The summed E-state index contributed by atoms with van der Waals surface area (Å²) in [6.07, 6.45) is 0. The van der Waals surface area contributed by atoms with E-state index in [1.807, 2.05) is 91.8 Å². The molecule has 0 N–H and O–H groups in total. The predicted molar refractivity (Wildman–Crippen MR) is 201 cm³/mol. The third kappa shape index (κ3) is 192. The number of hydrogen-bond donors (Lipinski definition) is 0. The number of fused-ring (bicyclic) bond motifs is 12. The summed E-state index contributed by atoms with van der Waals surface area (Å²) in [4.78, 5) is 21.5. The molecule has 0 fully saturated rings. The molecule has 12 rings (SSSR count). The van der Waals surface area contributed by atoms with Gasteiger partial charge in [0.15, 0.2) is 11.3 Å². The Morgan fingerprint density at radius 1 is 0.188 bits per heavy atom. The van der Waals surface area contributed by atoms with Gasteiger partial charge in [-0.2, -0.15) is 42.2 Å². The molecule has 0 saturated carbocycles. The van der Waals surface area contributed by atoms with Crippen LogP contribution in [0.25, 0.3) is 21.5 Å². The van der Waals surface area contributed by atoms with Crippen molar-refractivity contribution in [3.05, 3.63) is 129 Å². The van der Waals surface area contributed by atoms with Gasteiger partial charge in [0.2, 0.25) is 0 Å². The van der Waals surface area contributed by atoms with E-state index in [0.29, 0.717) is 0 Å². The van der Waals surface area contributed by atoms with Gasteiger partial charge in [-0.3, -0.25) is 9.15 Å². The third-order valence-corrected chi connectivity index (χ3v) is 9.52. The molecule has 6 aromatic rings. The number of aromatic nitrogens is 2. The molecule has 138 heavy (non-hydrogen) atoms. The molecule has 0 amide bonds. The van der Waals surface area contributed by atoms with Crippen LogP contribution in [0.5, 0.6) is 0 Å². The van der Waals surface area contributed by atoms with Gasteiger partial charge in [-0.1, -0.05) is 80.0 Å². The molecule has 95 heteroatoms. The molecule has 2 aromatic heterocycles. The number of aryl methyl sites for hydroxylation is 2. The Kier molecular flexibility index (Phi) is 1390. The van der Waals surface area contributed by atoms with Crippen LogP contribution in [0.1, 0.15) is 88.8 Å². The van der Waals surface area contributed by atoms with Gasteiger partial charge in [0, 0.05) is 2850 Å². The molecule has 1 unspecified atom stereocenters. The van der Waals surface area contributed by atoms with Gasteiger partial charge in [0.05, 0.1) is 0 Å². The zero-order valence-electron chi connectivity index (χ0n) is 80.9. The number of amidine groups is 4. The first-order chi connectivity index (χ1) is 25.2. The minimum Gasteiger partial charge on any atom is -0.253 e. The molecular weight excluding hydrogens is 8360 g/mol. The van der Waals surface area contributed by atoms with Crippen LogP contribution in [-0.2, 0) is 2850 Å². The molecule has 4 aromatic carbocycles. The van der Waals surface area contributed by atoms with E-state index >= 15 is 0 Å². The van der Waals surface area contributed by atoms with Gasteiger partial charge < -0.3 is 0 Å². The first-order valence-electron chi connectivity index (χ1n) is 18.1. The molecule has 8 nitrogen and oxygen atoms in total. The zero-order chi connectivity index (χ0) is 35.9. The van der Waals surface area contributed by atoms with E-state index in [-0.39, 0.29) is 2850 Å². The van der Waals surface area contributed by atoms with Crippen molar-refractivity contribution in [3.8, 4) is 0 Å². The fourth-order valence-corrected chi connectivity index (χ4v) is 7.91. The molecule has 1 spiro atoms. The van der Waals surface area contributed by atoms with Gasteiger partial charge in [-0.15, -0.1) is 47.5 Å². The molecule has 0 aliphatic carbocycles. The van der Waals surface area contributed by atoms with Crippen LogP contribution in [0.3, 0.4) is 0 Å². The second-order valence-corrected chi connectivity index (χ2v) is 11.5. The normalized spacial score (nSPS) is 6.54. The van der Waals surface area contributed by atoms with Crippen LogP contribution >= 0.6 is 0 Å². The maximum Gasteiger partial charge on any atom is 0.352 e. The summed E-state index contributed by atoms with van der Waals surface area (Å²) in [7, 11) is 0.